The lowest BCUT2D eigenvalue weighted by Crippen LogP contribution is -2.35. The summed E-state index contributed by atoms with van der Waals surface area (Å²) < 4.78 is 1.81. The molecule has 0 radical (unpaired) electrons. The molecule has 2 aromatic heterocycles. The largest absolute Gasteiger partial charge is 0.320 e. The van der Waals surface area contributed by atoms with Crippen LogP contribution in [-0.2, 0) is 17.8 Å². The Morgan fingerprint density at radius 1 is 1.38 bits per heavy atom. The molecule has 0 aliphatic rings. The van der Waals surface area contributed by atoms with Gasteiger partial charge in [0.2, 0.25) is 5.91 Å². The van der Waals surface area contributed by atoms with Crippen molar-refractivity contribution in [2.24, 2.45) is 5.73 Å². The molecule has 0 bridgehead atoms. The quantitative estimate of drug-likeness (QED) is 0.809. The van der Waals surface area contributed by atoms with Gasteiger partial charge in [0.25, 0.3) is 0 Å². The molecule has 1 unspecified atom stereocenters. The van der Waals surface area contributed by atoms with E-state index < -0.39 is 6.04 Å². The van der Waals surface area contributed by atoms with Gasteiger partial charge in [-0.25, -0.2) is 0 Å². The Morgan fingerprint density at radius 3 is 2.86 bits per heavy atom. The summed E-state index contributed by atoms with van der Waals surface area (Å²) in [5, 5.41) is 7.06. The predicted octanol–water partition coefficient (Wildman–Crippen LogP) is 1.59. The van der Waals surface area contributed by atoms with Crippen LogP contribution in [-0.4, -0.2) is 26.7 Å². The lowest BCUT2D eigenvalue weighted by Gasteiger charge is -2.09. The van der Waals surface area contributed by atoms with Crippen LogP contribution in [0.3, 0.4) is 0 Å². The van der Waals surface area contributed by atoms with Gasteiger partial charge >= 0.3 is 0 Å². The zero-order valence-corrected chi connectivity index (χ0v) is 12.2. The highest BCUT2D eigenvalue weighted by atomic mass is 16.2. The van der Waals surface area contributed by atoms with Crippen molar-refractivity contribution in [3.63, 3.8) is 0 Å². The zero-order chi connectivity index (χ0) is 15.1. The lowest BCUT2D eigenvalue weighted by atomic mass is 10.2. The van der Waals surface area contributed by atoms with Gasteiger partial charge in [-0.2, -0.15) is 5.10 Å². The molecule has 0 aliphatic carbocycles. The summed E-state index contributed by atoms with van der Waals surface area (Å²) in [6.07, 6.45) is 7.83. The van der Waals surface area contributed by atoms with E-state index in [2.05, 4.69) is 15.4 Å². The lowest BCUT2D eigenvalue weighted by molar-refractivity contribution is -0.117. The SMILES string of the molecule is CCCC(N)C(=O)Nc1ccn(CCc2ccncc2)n1. The smallest absolute Gasteiger partial charge is 0.242 e. The zero-order valence-electron chi connectivity index (χ0n) is 12.2. The van der Waals surface area contributed by atoms with Gasteiger partial charge in [-0.1, -0.05) is 13.3 Å². The van der Waals surface area contributed by atoms with E-state index >= 15 is 0 Å². The van der Waals surface area contributed by atoms with Gasteiger partial charge in [0.1, 0.15) is 0 Å². The third kappa shape index (κ3) is 4.68. The molecule has 0 saturated heterocycles. The molecule has 0 aliphatic heterocycles. The van der Waals surface area contributed by atoms with Gasteiger partial charge < -0.3 is 11.1 Å². The second kappa shape index (κ2) is 7.54. The van der Waals surface area contributed by atoms with E-state index in [1.807, 2.05) is 25.3 Å². The molecule has 0 saturated carbocycles. The first kappa shape index (κ1) is 15.2. The first-order valence-corrected chi connectivity index (χ1v) is 7.18. The van der Waals surface area contributed by atoms with Crippen LogP contribution in [0.15, 0.2) is 36.8 Å². The van der Waals surface area contributed by atoms with Crippen LogP contribution >= 0.6 is 0 Å². The standard InChI is InChI=1S/C15H21N5O/c1-2-3-13(16)15(21)18-14-7-11-20(19-14)10-6-12-4-8-17-9-5-12/h4-5,7-9,11,13H,2-3,6,10,16H2,1H3,(H,18,19,21). The number of aryl methyl sites for hydroxylation is 2. The fourth-order valence-electron chi connectivity index (χ4n) is 2.01. The van der Waals surface area contributed by atoms with Gasteiger partial charge in [0, 0.05) is 31.2 Å². The van der Waals surface area contributed by atoms with Crippen LogP contribution in [0.25, 0.3) is 0 Å². The molecule has 6 heteroatoms. The Morgan fingerprint density at radius 2 is 2.14 bits per heavy atom. The van der Waals surface area contributed by atoms with Gasteiger partial charge in [0.15, 0.2) is 5.82 Å². The molecule has 2 heterocycles. The Balaban J connectivity index is 1.85. The summed E-state index contributed by atoms with van der Waals surface area (Å²) in [5.74, 6) is 0.359. The minimum Gasteiger partial charge on any atom is -0.320 e. The average Bonchev–Trinajstić information content (AvgIpc) is 2.94. The van der Waals surface area contributed by atoms with Crippen molar-refractivity contribution in [2.75, 3.05) is 5.32 Å². The number of rotatable bonds is 7. The van der Waals surface area contributed by atoms with Crippen molar-refractivity contribution < 1.29 is 4.79 Å². The first-order chi connectivity index (χ1) is 10.2. The van der Waals surface area contributed by atoms with Crippen molar-refractivity contribution in [1.82, 2.24) is 14.8 Å². The maximum atomic E-state index is 11.8. The highest BCUT2D eigenvalue weighted by molar-refractivity contribution is 5.93. The van der Waals surface area contributed by atoms with Gasteiger partial charge in [-0.15, -0.1) is 0 Å². The van der Waals surface area contributed by atoms with Crippen molar-refractivity contribution in [2.45, 2.75) is 38.8 Å². The summed E-state index contributed by atoms with van der Waals surface area (Å²) in [4.78, 5) is 15.8. The molecule has 112 valence electrons. The Labute approximate surface area is 124 Å². The van der Waals surface area contributed by atoms with E-state index in [0.29, 0.717) is 12.2 Å². The summed E-state index contributed by atoms with van der Waals surface area (Å²) >= 11 is 0. The molecule has 1 atom stereocenters. The van der Waals surface area contributed by atoms with Gasteiger partial charge in [-0.3, -0.25) is 14.5 Å². The van der Waals surface area contributed by atoms with Crippen LogP contribution in [0.1, 0.15) is 25.3 Å². The highest BCUT2D eigenvalue weighted by Crippen LogP contribution is 2.06. The minimum atomic E-state index is -0.475. The topological polar surface area (TPSA) is 85.8 Å². The number of nitrogens with one attached hydrogen (secondary N) is 1. The van der Waals surface area contributed by atoms with Crippen LogP contribution in [0.5, 0.6) is 0 Å². The number of amides is 1. The maximum absolute atomic E-state index is 11.8. The molecule has 1 amide bonds. The minimum absolute atomic E-state index is 0.184. The second-order valence-electron chi connectivity index (χ2n) is 4.95. The number of carbonyl (C=O) groups excluding carboxylic acids is 1. The monoisotopic (exact) mass is 287 g/mol. The second-order valence-corrected chi connectivity index (χ2v) is 4.95. The Hall–Kier alpha value is -2.21. The third-order valence-electron chi connectivity index (χ3n) is 3.21. The molecular weight excluding hydrogens is 266 g/mol. The van der Waals surface area contributed by atoms with E-state index in [-0.39, 0.29) is 5.91 Å². The van der Waals surface area contributed by atoms with Crippen molar-refractivity contribution in [3.05, 3.63) is 42.4 Å². The van der Waals surface area contributed by atoms with E-state index in [1.165, 1.54) is 5.56 Å². The number of aromatic nitrogens is 3. The predicted molar refractivity (Wildman–Crippen MR) is 81.7 cm³/mol. The van der Waals surface area contributed by atoms with Crippen LogP contribution in [0.4, 0.5) is 5.82 Å². The molecule has 2 rings (SSSR count). The van der Waals surface area contributed by atoms with E-state index in [0.717, 1.165) is 19.4 Å². The molecule has 3 N–H and O–H groups in total. The molecule has 21 heavy (non-hydrogen) atoms. The number of pyridine rings is 1. The van der Waals surface area contributed by atoms with Crippen LogP contribution in [0, 0.1) is 0 Å². The number of nitrogens with zero attached hydrogens (tertiary/aromatic N) is 3. The summed E-state index contributed by atoms with van der Waals surface area (Å²) in [7, 11) is 0. The highest BCUT2D eigenvalue weighted by Gasteiger charge is 2.13. The van der Waals surface area contributed by atoms with Crippen molar-refractivity contribution >= 4 is 11.7 Å². The van der Waals surface area contributed by atoms with Gasteiger partial charge in [-0.05, 0) is 30.5 Å². The number of nitrogens with two attached hydrogens (primary N) is 1. The number of anilines is 1. The molecular formula is C15H21N5O. The summed E-state index contributed by atoms with van der Waals surface area (Å²) in [6.45, 7) is 2.75. The molecule has 0 aromatic carbocycles. The average molecular weight is 287 g/mol. The third-order valence-corrected chi connectivity index (χ3v) is 3.21. The van der Waals surface area contributed by atoms with Crippen molar-refractivity contribution in [1.29, 1.82) is 0 Å². The van der Waals surface area contributed by atoms with Gasteiger partial charge in [0.05, 0.1) is 6.04 Å². The number of hydrogen-bond donors (Lipinski definition) is 2. The Kier molecular flexibility index (Phi) is 5.45. The normalized spacial score (nSPS) is 12.1. The number of carbonyl (C=O) groups is 1. The molecule has 0 fully saturated rings. The number of hydrogen-bond acceptors (Lipinski definition) is 4. The molecule has 0 spiro atoms. The molecule has 6 nitrogen and oxygen atoms in total. The first-order valence-electron chi connectivity index (χ1n) is 7.18. The van der Waals surface area contributed by atoms with E-state index in [4.69, 9.17) is 5.73 Å². The van der Waals surface area contributed by atoms with Crippen LogP contribution < -0.4 is 11.1 Å². The van der Waals surface area contributed by atoms with Crippen molar-refractivity contribution in [3.8, 4) is 0 Å². The fraction of sp³-hybridized carbons (Fsp3) is 0.400. The fourth-order valence-corrected chi connectivity index (χ4v) is 2.01. The summed E-state index contributed by atoms with van der Waals surface area (Å²) in [6, 6.07) is 5.27. The molecule has 2 aromatic rings. The maximum Gasteiger partial charge on any atom is 0.242 e. The van der Waals surface area contributed by atoms with Crippen LogP contribution in [0.2, 0.25) is 0 Å². The van der Waals surface area contributed by atoms with E-state index in [9.17, 15) is 4.79 Å². The summed E-state index contributed by atoms with van der Waals surface area (Å²) in [5.41, 5.74) is 6.97. The Bertz CT molecular complexity index is 566. The van der Waals surface area contributed by atoms with E-state index in [1.54, 1.807) is 23.1 Å².